The van der Waals surface area contributed by atoms with Crippen LogP contribution in [0, 0.1) is 15.9 Å². The zero-order valence-electron chi connectivity index (χ0n) is 13.6. The summed E-state index contributed by atoms with van der Waals surface area (Å²) in [6.45, 7) is 0. The van der Waals surface area contributed by atoms with Crippen molar-refractivity contribution in [1.29, 1.82) is 0 Å². The molecule has 0 saturated heterocycles. The normalized spacial score (nSPS) is 12.4. The van der Waals surface area contributed by atoms with Crippen LogP contribution < -0.4 is 4.31 Å². The molecule has 10 heteroatoms. The Kier molecular flexibility index (Phi) is 5.56. The van der Waals surface area contributed by atoms with Crippen molar-refractivity contribution in [2.75, 3.05) is 10.6 Å². The minimum Gasteiger partial charge on any atom is -0.480 e. The molecule has 0 bridgehead atoms. The minimum atomic E-state index is -4.03. The highest BCUT2D eigenvalue weighted by molar-refractivity contribution is 7.92. The fourth-order valence-corrected chi connectivity index (χ4v) is 3.61. The monoisotopic (exact) mass is 382 g/mol. The van der Waals surface area contributed by atoms with E-state index in [2.05, 4.69) is 0 Å². The number of hydrogen-bond acceptors (Lipinski definition) is 5. The predicted octanol–water partition coefficient (Wildman–Crippen LogP) is 2.20. The second-order valence-electron chi connectivity index (χ2n) is 5.52. The third-order valence-electron chi connectivity index (χ3n) is 3.56. The van der Waals surface area contributed by atoms with E-state index >= 15 is 0 Å². The van der Waals surface area contributed by atoms with Gasteiger partial charge in [-0.05, 0) is 29.8 Å². The van der Waals surface area contributed by atoms with E-state index in [1.807, 2.05) is 0 Å². The van der Waals surface area contributed by atoms with Gasteiger partial charge in [0.05, 0.1) is 16.9 Å². The van der Waals surface area contributed by atoms with Gasteiger partial charge in [0.25, 0.3) is 5.69 Å². The molecule has 0 aromatic heterocycles. The number of benzene rings is 2. The van der Waals surface area contributed by atoms with E-state index < -0.39 is 32.8 Å². The third kappa shape index (κ3) is 4.54. The second-order valence-corrected chi connectivity index (χ2v) is 7.38. The van der Waals surface area contributed by atoms with Crippen LogP contribution in [0.25, 0.3) is 0 Å². The molecule has 0 spiro atoms. The molecular formula is C16H15FN2O6S. The number of non-ortho nitro benzene ring substituents is 1. The molecule has 1 N–H and O–H groups in total. The number of carbonyl (C=O) groups is 1. The SMILES string of the molecule is CS(=O)(=O)N(c1ccc(F)cc1)C(Cc1cccc([N+](=O)[O-])c1)C(=O)O. The van der Waals surface area contributed by atoms with Gasteiger partial charge in [-0.25, -0.2) is 17.6 Å². The van der Waals surface area contributed by atoms with Crippen molar-refractivity contribution in [3.8, 4) is 0 Å². The first-order valence-electron chi connectivity index (χ1n) is 7.30. The van der Waals surface area contributed by atoms with Crippen LogP contribution in [0.1, 0.15) is 5.56 Å². The van der Waals surface area contributed by atoms with E-state index in [1.165, 1.54) is 24.3 Å². The number of carboxylic acids is 1. The van der Waals surface area contributed by atoms with E-state index in [9.17, 15) is 32.8 Å². The molecule has 2 aromatic carbocycles. The van der Waals surface area contributed by atoms with Gasteiger partial charge in [0, 0.05) is 18.6 Å². The lowest BCUT2D eigenvalue weighted by Crippen LogP contribution is -2.46. The summed E-state index contributed by atoms with van der Waals surface area (Å²) in [5.74, 6) is -2.04. The molecule has 8 nitrogen and oxygen atoms in total. The average Bonchev–Trinajstić information content (AvgIpc) is 2.55. The van der Waals surface area contributed by atoms with E-state index in [0.29, 0.717) is 4.31 Å². The predicted molar refractivity (Wildman–Crippen MR) is 91.9 cm³/mol. The molecule has 0 heterocycles. The largest absolute Gasteiger partial charge is 0.480 e. The molecule has 1 atom stereocenters. The summed E-state index contributed by atoms with van der Waals surface area (Å²) in [6.07, 6.45) is 0.529. The van der Waals surface area contributed by atoms with Gasteiger partial charge in [-0.2, -0.15) is 0 Å². The molecular weight excluding hydrogens is 367 g/mol. The average molecular weight is 382 g/mol. The van der Waals surface area contributed by atoms with Crippen molar-refractivity contribution in [2.45, 2.75) is 12.5 Å². The van der Waals surface area contributed by atoms with Crippen LogP contribution in [0.15, 0.2) is 48.5 Å². The van der Waals surface area contributed by atoms with Gasteiger partial charge in [0.1, 0.15) is 11.9 Å². The summed E-state index contributed by atoms with van der Waals surface area (Å²) < 4.78 is 38.2. The van der Waals surface area contributed by atoms with Gasteiger partial charge in [0.2, 0.25) is 10.0 Å². The lowest BCUT2D eigenvalue weighted by atomic mass is 10.0. The zero-order valence-corrected chi connectivity index (χ0v) is 14.4. The Balaban J connectivity index is 2.48. The quantitative estimate of drug-likeness (QED) is 0.579. The van der Waals surface area contributed by atoms with Crippen molar-refractivity contribution >= 4 is 27.4 Å². The smallest absolute Gasteiger partial charge is 0.327 e. The van der Waals surface area contributed by atoms with Crippen LogP contribution in [0.2, 0.25) is 0 Å². The van der Waals surface area contributed by atoms with Crippen molar-refractivity contribution in [1.82, 2.24) is 0 Å². The maximum Gasteiger partial charge on any atom is 0.327 e. The minimum absolute atomic E-state index is 0.0215. The third-order valence-corrected chi connectivity index (χ3v) is 4.74. The van der Waals surface area contributed by atoms with Crippen molar-refractivity contribution < 1.29 is 27.6 Å². The molecule has 0 aliphatic carbocycles. The summed E-state index contributed by atoms with van der Waals surface area (Å²) >= 11 is 0. The molecule has 0 aliphatic rings. The number of nitro groups is 1. The van der Waals surface area contributed by atoms with Gasteiger partial charge in [0.15, 0.2) is 0 Å². The number of hydrogen-bond donors (Lipinski definition) is 1. The van der Waals surface area contributed by atoms with E-state index in [1.54, 1.807) is 0 Å². The number of aliphatic carboxylic acids is 1. The number of sulfonamides is 1. The number of halogens is 1. The highest BCUT2D eigenvalue weighted by Gasteiger charge is 2.33. The van der Waals surface area contributed by atoms with E-state index in [4.69, 9.17) is 0 Å². The molecule has 0 aliphatic heterocycles. The summed E-state index contributed by atoms with van der Waals surface area (Å²) in [6, 6.07) is 8.05. The topological polar surface area (TPSA) is 118 Å². The summed E-state index contributed by atoms with van der Waals surface area (Å²) in [5.41, 5.74) is 0.0217. The lowest BCUT2D eigenvalue weighted by molar-refractivity contribution is -0.384. The summed E-state index contributed by atoms with van der Waals surface area (Å²) in [4.78, 5) is 22.0. The molecule has 0 radical (unpaired) electrons. The second kappa shape index (κ2) is 7.48. The maximum atomic E-state index is 13.1. The Morgan fingerprint density at radius 1 is 1.27 bits per heavy atom. The lowest BCUT2D eigenvalue weighted by Gasteiger charge is -2.28. The molecule has 0 amide bonds. The molecule has 26 heavy (non-hydrogen) atoms. The van der Waals surface area contributed by atoms with Crippen LogP contribution >= 0.6 is 0 Å². The fraction of sp³-hybridized carbons (Fsp3) is 0.188. The Morgan fingerprint density at radius 2 is 1.88 bits per heavy atom. The van der Waals surface area contributed by atoms with Gasteiger partial charge in [-0.3, -0.25) is 14.4 Å². The summed E-state index contributed by atoms with van der Waals surface area (Å²) in [7, 11) is -4.03. The number of nitro benzene ring substituents is 1. The van der Waals surface area contributed by atoms with Crippen molar-refractivity contribution in [3.63, 3.8) is 0 Å². The standard InChI is InChI=1S/C16H15FN2O6S/c1-26(24,25)18(13-7-5-12(17)6-8-13)15(16(20)21)10-11-3-2-4-14(9-11)19(22)23/h2-9,15H,10H2,1H3,(H,20,21). The van der Waals surface area contributed by atoms with Crippen LogP contribution in [0.5, 0.6) is 0 Å². The van der Waals surface area contributed by atoms with Crippen molar-refractivity contribution in [3.05, 3.63) is 70.0 Å². The van der Waals surface area contributed by atoms with E-state index in [0.717, 1.165) is 30.5 Å². The molecule has 2 aromatic rings. The molecule has 0 saturated carbocycles. The van der Waals surface area contributed by atoms with Gasteiger partial charge in [-0.1, -0.05) is 12.1 Å². The van der Waals surface area contributed by atoms with Crippen LogP contribution in [0.4, 0.5) is 15.8 Å². The fourth-order valence-electron chi connectivity index (χ4n) is 2.48. The van der Waals surface area contributed by atoms with E-state index in [-0.39, 0.29) is 23.4 Å². The number of nitrogens with zero attached hydrogens (tertiary/aromatic N) is 2. The molecule has 0 fully saturated rings. The first-order valence-corrected chi connectivity index (χ1v) is 9.15. The molecule has 138 valence electrons. The van der Waals surface area contributed by atoms with Gasteiger partial charge in [-0.15, -0.1) is 0 Å². The van der Waals surface area contributed by atoms with Crippen LogP contribution in [0.3, 0.4) is 0 Å². The first kappa shape index (κ1) is 19.3. The summed E-state index contributed by atoms with van der Waals surface area (Å²) in [5, 5.41) is 20.4. The number of carboxylic acid groups (broad SMARTS) is 1. The Bertz CT molecular complexity index is 930. The zero-order chi connectivity index (χ0) is 19.5. The van der Waals surface area contributed by atoms with Crippen LogP contribution in [-0.4, -0.2) is 36.7 Å². The highest BCUT2D eigenvalue weighted by atomic mass is 32.2. The first-order chi connectivity index (χ1) is 12.1. The Hall–Kier alpha value is -3.01. The Morgan fingerprint density at radius 3 is 2.38 bits per heavy atom. The number of rotatable bonds is 7. The molecule has 2 rings (SSSR count). The van der Waals surface area contributed by atoms with Crippen LogP contribution in [-0.2, 0) is 21.2 Å². The van der Waals surface area contributed by atoms with Gasteiger partial charge >= 0.3 is 5.97 Å². The molecule has 1 unspecified atom stereocenters. The Labute approximate surface area is 148 Å². The number of anilines is 1. The van der Waals surface area contributed by atoms with Crippen molar-refractivity contribution in [2.24, 2.45) is 0 Å². The maximum absolute atomic E-state index is 13.1. The van der Waals surface area contributed by atoms with Gasteiger partial charge < -0.3 is 5.11 Å². The highest BCUT2D eigenvalue weighted by Crippen LogP contribution is 2.24.